The Hall–Kier alpha value is -4.56. The van der Waals surface area contributed by atoms with E-state index in [2.05, 4.69) is 30.1 Å². The highest BCUT2D eigenvalue weighted by molar-refractivity contribution is 5.67. The fourth-order valence-electron chi connectivity index (χ4n) is 5.01. The Labute approximate surface area is 252 Å². The van der Waals surface area contributed by atoms with Gasteiger partial charge in [0.05, 0.1) is 18.7 Å². The molecule has 1 N–H and O–H groups in total. The van der Waals surface area contributed by atoms with Crippen molar-refractivity contribution < 1.29 is 33.6 Å². The van der Waals surface area contributed by atoms with Crippen LogP contribution < -0.4 is 0 Å². The Morgan fingerprint density at radius 1 is 0.909 bits per heavy atom. The number of methoxy groups -OCH3 is 1. The molecule has 0 saturated carbocycles. The van der Waals surface area contributed by atoms with Gasteiger partial charge in [-0.25, -0.2) is 4.79 Å². The maximum Gasteiger partial charge on any atom is 0.410 e. The van der Waals surface area contributed by atoms with E-state index in [1.807, 2.05) is 60.7 Å². The van der Waals surface area contributed by atoms with E-state index in [0.717, 1.165) is 11.1 Å². The third-order valence-electron chi connectivity index (χ3n) is 7.14. The predicted molar refractivity (Wildman–Crippen MR) is 153 cm³/mol. The largest absolute Gasteiger partial charge is 0.445 e. The summed E-state index contributed by atoms with van der Waals surface area (Å²) in [6.07, 6.45) is -8.39. The lowest BCUT2D eigenvalue weighted by molar-refractivity contribution is -0.296. The summed E-state index contributed by atoms with van der Waals surface area (Å²) in [5.41, 5.74) is 28.9. The van der Waals surface area contributed by atoms with Gasteiger partial charge in [0.1, 0.15) is 24.9 Å². The van der Waals surface area contributed by atoms with E-state index in [1.165, 1.54) is 12.0 Å². The highest BCUT2D eigenvalue weighted by atomic mass is 16.7. The van der Waals surface area contributed by atoms with Crippen LogP contribution in [0.1, 0.15) is 24.0 Å². The smallest absolute Gasteiger partial charge is 0.410 e. The fraction of sp³-hybridized carbons (Fsp3) is 0.519. The summed E-state index contributed by atoms with van der Waals surface area (Å²) >= 11 is 0. The average Bonchev–Trinajstić information content (AvgIpc) is 3.04. The summed E-state index contributed by atoms with van der Waals surface area (Å²) in [6, 6.07) is 17.9. The van der Waals surface area contributed by atoms with Crippen molar-refractivity contribution in [3.05, 3.63) is 103 Å². The molecule has 232 valence electrons. The molecule has 0 aromatic heterocycles. The average molecular weight is 609 g/mol. The van der Waals surface area contributed by atoms with Gasteiger partial charge in [0.2, 0.25) is 0 Å². The number of rotatable bonds is 12. The SMILES string of the molecule is CO[C@H]1C(N=[N+]=[N-])OC(N=[N+]=[N-])[C@@H](O[C@H]2O[C@H](CN(Cc3ccccc3)C(=O)OCc3ccccc3)CCC2N=[N+]=[N-])[C@@H]1O. The second-order valence-electron chi connectivity index (χ2n) is 10.0. The second kappa shape index (κ2) is 16.3. The number of carbonyl (C=O) groups excluding carboxylic acids is 1. The fourth-order valence-corrected chi connectivity index (χ4v) is 5.01. The lowest BCUT2D eigenvalue weighted by Crippen LogP contribution is -2.60. The standard InChI is InChI=1S/C27H32N10O7/c1-40-22-21(38)23(25(33-36-30)44-24(22)32-35-29)43-26-20(31-34-28)13-12-19(42-26)15-37(14-17-8-4-2-5-9-17)27(39)41-16-18-10-6-3-7-11-18/h2-11,19-26,38H,12-16H2,1H3/t19-,20?,21+,22+,23-,24?,25?,26+/m0/s1. The minimum Gasteiger partial charge on any atom is -0.445 e. The number of carbonyl (C=O) groups is 1. The van der Waals surface area contributed by atoms with Gasteiger partial charge in [0.25, 0.3) is 0 Å². The molecule has 44 heavy (non-hydrogen) atoms. The Balaban J connectivity index is 1.52. The lowest BCUT2D eigenvalue weighted by Gasteiger charge is -2.44. The molecule has 0 spiro atoms. The summed E-state index contributed by atoms with van der Waals surface area (Å²) in [6.45, 7) is 0.428. The van der Waals surface area contributed by atoms with Gasteiger partial charge in [-0.2, -0.15) is 0 Å². The van der Waals surface area contributed by atoms with E-state index in [9.17, 15) is 15.4 Å². The molecule has 2 aromatic rings. The van der Waals surface area contributed by atoms with E-state index in [1.54, 1.807) is 0 Å². The molecule has 2 aromatic carbocycles. The van der Waals surface area contributed by atoms with Crippen molar-refractivity contribution in [2.24, 2.45) is 15.3 Å². The molecule has 3 unspecified atom stereocenters. The van der Waals surface area contributed by atoms with Crippen LogP contribution in [0.3, 0.4) is 0 Å². The highest BCUT2D eigenvalue weighted by Crippen LogP contribution is 2.32. The van der Waals surface area contributed by atoms with Crippen LogP contribution in [0, 0.1) is 0 Å². The molecule has 2 heterocycles. The monoisotopic (exact) mass is 608 g/mol. The molecule has 0 aliphatic carbocycles. The van der Waals surface area contributed by atoms with Crippen LogP contribution >= 0.6 is 0 Å². The first-order valence-corrected chi connectivity index (χ1v) is 13.8. The number of aliphatic hydroxyl groups excluding tert-OH is 1. The van der Waals surface area contributed by atoms with E-state index in [-0.39, 0.29) is 19.7 Å². The number of ether oxygens (including phenoxy) is 5. The third-order valence-corrected chi connectivity index (χ3v) is 7.14. The normalized spacial score (nSPS) is 28.0. The van der Waals surface area contributed by atoms with Crippen LogP contribution in [-0.2, 0) is 36.8 Å². The van der Waals surface area contributed by atoms with Gasteiger partial charge < -0.3 is 33.7 Å². The Morgan fingerprint density at radius 3 is 2.14 bits per heavy atom. The number of hydrogen-bond acceptors (Lipinski definition) is 10. The molecule has 2 aliphatic heterocycles. The molecule has 17 heteroatoms. The minimum atomic E-state index is -1.49. The molecule has 2 saturated heterocycles. The number of hydrogen-bond donors (Lipinski definition) is 1. The van der Waals surface area contributed by atoms with Gasteiger partial charge in [-0.3, -0.25) is 0 Å². The topological polar surface area (TPSA) is 233 Å². The maximum absolute atomic E-state index is 13.3. The van der Waals surface area contributed by atoms with E-state index < -0.39 is 55.3 Å². The zero-order valence-electron chi connectivity index (χ0n) is 23.8. The Kier molecular flexibility index (Phi) is 12.0. The number of amides is 1. The van der Waals surface area contributed by atoms with Crippen molar-refractivity contribution in [2.75, 3.05) is 13.7 Å². The van der Waals surface area contributed by atoms with Gasteiger partial charge in [-0.1, -0.05) is 76.0 Å². The van der Waals surface area contributed by atoms with Crippen LogP contribution in [0.15, 0.2) is 76.0 Å². The first kappa shape index (κ1) is 32.4. The van der Waals surface area contributed by atoms with Crippen LogP contribution in [0.4, 0.5) is 4.79 Å². The number of azide groups is 3. The molecular formula is C27H32N10O7. The van der Waals surface area contributed by atoms with Gasteiger partial charge in [0, 0.05) is 28.4 Å². The van der Waals surface area contributed by atoms with Crippen LogP contribution in [0.25, 0.3) is 31.3 Å². The van der Waals surface area contributed by atoms with Gasteiger partial charge >= 0.3 is 6.09 Å². The summed E-state index contributed by atoms with van der Waals surface area (Å²) in [5, 5.41) is 21.8. The maximum atomic E-state index is 13.3. The van der Waals surface area contributed by atoms with Crippen molar-refractivity contribution in [3.8, 4) is 0 Å². The summed E-state index contributed by atoms with van der Waals surface area (Å²) in [7, 11) is 1.27. The third kappa shape index (κ3) is 8.51. The van der Waals surface area contributed by atoms with Gasteiger partial charge in [0.15, 0.2) is 18.7 Å². The first-order valence-electron chi connectivity index (χ1n) is 13.8. The Morgan fingerprint density at radius 2 is 1.52 bits per heavy atom. The Bertz CT molecular complexity index is 1370. The van der Waals surface area contributed by atoms with Crippen LogP contribution in [0.5, 0.6) is 0 Å². The zero-order valence-corrected chi connectivity index (χ0v) is 23.8. The van der Waals surface area contributed by atoms with Gasteiger partial charge in [-0.05, 0) is 40.6 Å². The van der Waals surface area contributed by atoms with E-state index in [0.29, 0.717) is 12.8 Å². The summed E-state index contributed by atoms with van der Waals surface area (Å²) in [5.74, 6) is 0. The second-order valence-corrected chi connectivity index (χ2v) is 10.0. The number of benzene rings is 2. The minimum absolute atomic E-state index is 0.0824. The van der Waals surface area contributed by atoms with Crippen molar-refractivity contribution in [1.29, 1.82) is 0 Å². The molecular weight excluding hydrogens is 576 g/mol. The molecule has 17 nitrogen and oxygen atoms in total. The van der Waals surface area contributed by atoms with Crippen LogP contribution in [0.2, 0.25) is 0 Å². The molecule has 4 rings (SSSR count). The summed E-state index contributed by atoms with van der Waals surface area (Å²) in [4.78, 5) is 23.1. The molecule has 0 radical (unpaired) electrons. The summed E-state index contributed by atoms with van der Waals surface area (Å²) < 4.78 is 28.7. The quantitative estimate of drug-likeness (QED) is 0.195. The lowest BCUT2D eigenvalue weighted by atomic mass is 10.0. The number of nitrogens with zero attached hydrogens (tertiary/aromatic N) is 10. The van der Waals surface area contributed by atoms with Crippen molar-refractivity contribution in [2.45, 2.75) is 75.2 Å². The van der Waals surface area contributed by atoms with Crippen molar-refractivity contribution >= 4 is 6.09 Å². The molecule has 2 aliphatic rings. The molecule has 8 atom stereocenters. The first-order chi connectivity index (χ1) is 21.5. The molecule has 2 fully saturated rings. The molecule has 1 amide bonds. The van der Waals surface area contributed by atoms with Crippen molar-refractivity contribution in [3.63, 3.8) is 0 Å². The highest BCUT2D eigenvalue weighted by Gasteiger charge is 2.48. The van der Waals surface area contributed by atoms with Gasteiger partial charge in [-0.15, -0.1) is 0 Å². The predicted octanol–water partition coefficient (Wildman–Crippen LogP) is 5.07. The van der Waals surface area contributed by atoms with E-state index in [4.69, 9.17) is 34.7 Å². The van der Waals surface area contributed by atoms with E-state index >= 15 is 0 Å². The van der Waals surface area contributed by atoms with Crippen molar-refractivity contribution in [1.82, 2.24) is 4.90 Å². The molecule has 0 bridgehead atoms. The van der Waals surface area contributed by atoms with Crippen LogP contribution in [-0.4, -0.2) is 79.0 Å². The zero-order chi connectivity index (χ0) is 31.3. The number of aliphatic hydroxyl groups is 1.